The maximum absolute atomic E-state index is 2.32. The number of hydrogen-bond acceptors (Lipinski definition) is 1. The van der Waals surface area contributed by atoms with Gasteiger partial charge in [0.25, 0.3) is 0 Å². The molecule has 0 spiro atoms. The van der Waals surface area contributed by atoms with Crippen LogP contribution in [0.25, 0.3) is 0 Å². The average Bonchev–Trinajstić information content (AvgIpc) is 2.30. The molecule has 58 valence electrons. The molecule has 0 fully saturated rings. The summed E-state index contributed by atoms with van der Waals surface area (Å²) in [5.74, 6) is 0.616. The third-order valence-electron chi connectivity index (χ3n) is 2.58. The molecule has 0 aromatic heterocycles. The lowest BCUT2D eigenvalue weighted by Gasteiger charge is -2.25. The molecule has 1 heterocycles. The van der Waals surface area contributed by atoms with E-state index in [1.807, 2.05) is 0 Å². The quantitative estimate of drug-likeness (QED) is 0.506. The SMILES string of the molecule is CC1=CC2C=CC=CC2N1C. The summed E-state index contributed by atoms with van der Waals surface area (Å²) in [5.41, 5.74) is 1.39. The standard InChI is InChI=1S/C10H13N/c1-8-7-9-5-3-4-6-10(9)11(8)2/h3-7,9-10H,1-2H3. The van der Waals surface area contributed by atoms with Crippen molar-refractivity contribution in [2.45, 2.75) is 13.0 Å². The van der Waals surface area contributed by atoms with Gasteiger partial charge in [-0.3, -0.25) is 0 Å². The Balaban J connectivity index is 2.29. The number of hydrogen-bond donors (Lipinski definition) is 0. The molecule has 11 heavy (non-hydrogen) atoms. The van der Waals surface area contributed by atoms with Crippen molar-refractivity contribution >= 4 is 0 Å². The summed E-state index contributed by atoms with van der Waals surface area (Å²) >= 11 is 0. The van der Waals surface area contributed by atoms with E-state index in [1.54, 1.807) is 0 Å². The number of likely N-dealkylation sites (N-methyl/N-ethyl adjacent to an activating group) is 1. The minimum atomic E-state index is 0.583. The third kappa shape index (κ3) is 0.917. The largest absolute Gasteiger partial charge is 0.371 e. The Morgan fingerprint density at radius 2 is 2.00 bits per heavy atom. The van der Waals surface area contributed by atoms with Crippen LogP contribution in [0.5, 0.6) is 0 Å². The molecule has 1 aliphatic carbocycles. The van der Waals surface area contributed by atoms with E-state index in [-0.39, 0.29) is 0 Å². The van der Waals surface area contributed by atoms with Crippen molar-refractivity contribution in [1.82, 2.24) is 4.90 Å². The van der Waals surface area contributed by atoms with E-state index < -0.39 is 0 Å². The highest BCUT2D eigenvalue weighted by molar-refractivity contribution is 5.28. The fraction of sp³-hybridized carbons (Fsp3) is 0.400. The minimum Gasteiger partial charge on any atom is -0.371 e. The maximum Gasteiger partial charge on any atom is 0.0567 e. The van der Waals surface area contributed by atoms with Crippen LogP contribution in [0, 0.1) is 5.92 Å². The summed E-state index contributed by atoms with van der Waals surface area (Å²) in [5, 5.41) is 0. The molecule has 0 aromatic carbocycles. The van der Waals surface area contributed by atoms with Gasteiger partial charge < -0.3 is 4.90 Å². The van der Waals surface area contributed by atoms with Crippen molar-refractivity contribution in [2.24, 2.45) is 5.92 Å². The molecular formula is C10H13N. The lowest BCUT2D eigenvalue weighted by Crippen LogP contribution is -2.28. The van der Waals surface area contributed by atoms with E-state index in [1.165, 1.54) is 5.70 Å². The van der Waals surface area contributed by atoms with Crippen molar-refractivity contribution in [2.75, 3.05) is 7.05 Å². The van der Waals surface area contributed by atoms with Crippen LogP contribution in [0.2, 0.25) is 0 Å². The van der Waals surface area contributed by atoms with Crippen LogP contribution in [0.4, 0.5) is 0 Å². The van der Waals surface area contributed by atoms with Gasteiger partial charge in [-0.1, -0.05) is 30.4 Å². The average molecular weight is 147 g/mol. The molecule has 2 atom stereocenters. The van der Waals surface area contributed by atoms with E-state index >= 15 is 0 Å². The smallest absolute Gasteiger partial charge is 0.0567 e. The molecule has 0 saturated heterocycles. The van der Waals surface area contributed by atoms with E-state index in [9.17, 15) is 0 Å². The molecule has 0 amide bonds. The normalized spacial score (nSPS) is 34.0. The zero-order chi connectivity index (χ0) is 7.84. The van der Waals surface area contributed by atoms with Gasteiger partial charge in [-0.05, 0) is 6.92 Å². The van der Waals surface area contributed by atoms with Crippen LogP contribution < -0.4 is 0 Å². The second-order valence-corrected chi connectivity index (χ2v) is 3.26. The van der Waals surface area contributed by atoms with Gasteiger partial charge in [-0.15, -0.1) is 0 Å². The zero-order valence-electron chi connectivity index (χ0n) is 6.99. The molecule has 1 nitrogen and oxygen atoms in total. The Bertz CT molecular complexity index is 248. The van der Waals surface area contributed by atoms with E-state index in [4.69, 9.17) is 0 Å². The number of nitrogens with zero attached hydrogens (tertiary/aromatic N) is 1. The summed E-state index contributed by atoms with van der Waals surface area (Å²) in [7, 11) is 2.15. The summed E-state index contributed by atoms with van der Waals surface area (Å²) < 4.78 is 0. The molecule has 0 aromatic rings. The van der Waals surface area contributed by atoms with Crippen molar-refractivity contribution in [3.63, 3.8) is 0 Å². The van der Waals surface area contributed by atoms with Gasteiger partial charge in [0.1, 0.15) is 0 Å². The minimum absolute atomic E-state index is 0.583. The van der Waals surface area contributed by atoms with Gasteiger partial charge in [0.2, 0.25) is 0 Å². The summed E-state index contributed by atoms with van der Waals surface area (Å²) in [6.07, 6.45) is 11.1. The molecule has 0 N–H and O–H groups in total. The van der Waals surface area contributed by atoms with Crippen LogP contribution in [-0.4, -0.2) is 18.0 Å². The third-order valence-corrected chi connectivity index (χ3v) is 2.58. The first kappa shape index (κ1) is 6.71. The lowest BCUT2D eigenvalue weighted by atomic mass is 9.97. The van der Waals surface area contributed by atoms with Crippen LogP contribution in [-0.2, 0) is 0 Å². The molecule has 2 aliphatic rings. The molecule has 1 aliphatic heterocycles. The van der Waals surface area contributed by atoms with Crippen molar-refractivity contribution in [1.29, 1.82) is 0 Å². The van der Waals surface area contributed by atoms with E-state index in [0.717, 1.165) is 0 Å². The summed E-state index contributed by atoms with van der Waals surface area (Å²) in [6.45, 7) is 2.17. The zero-order valence-corrected chi connectivity index (χ0v) is 6.99. The Kier molecular flexibility index (Phi) is 1.38. The van der Waals surface area contributed by atoms with E-state index in [2.05, 4.69) is 49.3 Å². The van der Waals surface area contributed by atoms with Gasteiger partial charge in [0, 0.05) is 18.7 Å². The molecular weight excluding hydrogens is 134 g/mol. The fourth-order valence-electron chi connectivity index (χ4n) is 1.79. The van der Waals surface area contributed by atoms with Crippen molar-refractivity contribution < 1.29 is 0 Å². The molecule has 0 radical (unpaired) electrons. The van der Waals surface area contributed by atoms with Crippen LogP contribution in [0.15, 0.2) is 36.1 Å². The van der Waals surface area contributed by atoms with Gasteiger partial charge in [-0.25, -0.2) is 0 Å². The predicted octanol–water partition coefficient (Wildman–Crippen LogP) is 1.95. The second kappa shape index (κ2) is 2.26. The first-order valence-electron chi connectivity index (χ1n) is 4.05. The lowest BCUT2D eigenvalue weighted by molar-refractivity contribution is 0.357. The van der Waals surface area contributed by atoms with Gasteiger partial charge >= 0.3 is 0 Å². The highest BCUT2D eigenvalue weighted by atomic mass is 15.2. The molecule has 1 heteroatoms. The van der Waals surface area contributed by atoms with Gasteiger partial charge in [0.05, 0.1) is 6.04 Å². The van der Waals surface area contributed by atoms with Crippen molar-refractivity contribution in [3.05, 3.63) is 36.1 Å². The van der Waals surface area contributed by atoms with Crippen LogP contribution in [0.1, 0.15) is 6.92 Å². The monoisotopic (exact) mass is 147 g/mol. The number of allylic oxidation sites excluding steroid dienone is 3. The Morgan fingerprint density at radius 1 is 1.27 bits per heavy atom. The summed E-state index contributed by atoms with van der Waals surface area (Å²) in [6, 6.07) is 0.583. The predicted molar refractivity (Wildman–Crippen MR) is 47.1 cm³/mol. The first-order chi connectivity index (χ1) is 5.29. The highest BCUT2D eigenvalue weighted by Gasteiger charge is 2.26. The Morgan fingerprint density at radius 3 is 2.73 bits per heavy atom. The Hall–Kier alpha value is -0.980. The first-order valence-corrected chi connectivity index (χ1v) is 4.05. The number of fused-ring (bicyclic) bond motifs is 1. The number of rotatable bonds is 0. The van der Waals surface area contributed by atoms with Crippen LogP contribution >= 0.6 is 0 Å². The molecule has 0 bridgehead atoms. The molecule has 0 saturated carbocycles. The fourth-order valence-corrected chi connectivity index (χ4v) is 1.79. The molecule has 2 unspecified atom stereocenters. The second-order valence-electron chi connectivity index (χ2n) is 3.26. The van der Waals surface area contributed by atoms with E-state index in [0.29, 0.717) is 12.0 Å². The maximum atomic E-state index is 2.32. The summed E-state index contributed by atoms with van der Waals surface area (Å²) in [4.78, 5) is 2.32. The Labute approximate surface area is 67.7 Å². The highest BCUT2D eigenvalue weighted by Crippen LogP contribution is 2.29. The molecule has 2 rings (SSSR count). The van der Waals surface area contributed by atoms with Gasteiger partial charge in [-0.2, -0.15) is 0 Å². The van der Waals surface area contributed by atoms with Crippen LogP contribution in [0.3, 0.4) is 0 Å². The topological polar surface area (TPSA) is 3.24 Å². The van der Waals surface area contributed by atoms with Crippen molar-refractivity contribution in [3.8, 4) is 0 Å². The van der Waals surface area contributed by atoms with Gasteiger partial charge in [0.15, 0.2) is 0 Å².